The van der Waals surface area contributed by atoms with Crippen molar-refractivity contribution in [3.05, 3.63) is 235 Å². The average molecular weight is 741 g/mol. The standard InChI is InChI=1S/C56H40N2/c57-56(44-20-5-2-6-21-44)58-52(36-34-39-16-9-11-23-47(39)46-32-27-38-15-7-8-22-45(38)37-46)41-28-30-43(31-29-41)54-50-26-14-13-25-49(50)53(42-18-3-1-4-19-42)51-35-33-40-17-10-12-24-48(40)55(51)54/h1-33,35-37H,34H2,(H2,57,58)/b52-36-. The van der Waals surface area contributed by atoms with Gasteiger partial charge in [0.15, 0.2) is 0 Å². The molecule has 0 saturated carbocycles. The van der Waals surface area contributed by atoms with Gasteiger partial charge in [-0.05, 0) is 100 Å². The first-order valence-corrected chi connectivity index (χ1v) is 19.9. The van der Waals surface area contributed by atoms with Crippen LogP contribution in [0.3, 0.4) is 0 Å². The maximum atomic E-state index is 6.75. The molecule has 0 aliphatic heterocycles. The second kappa shape index (κ2) is 15.2. The smallest absolute Gasteiger partial charge is 0.131 e. The lowest BCUT2D eigenvalue weighted by Crippen LogP contribution is -2.13. The number of benzene rings is 10. The number of allylic oxidation sites excluding steroid dienone is 1. The van der Waals surface area contributed by atoms with Gasteiger partial charge in [-0.3, -0.25) is 0 Å². The van der Waals surface area contributed by atoms with Gasteiger partial charge >= 0.3 is 0 Å². The molecule has 0 saturated heterocycles. The fourth-order valence-corrected chi connectivity index (χ4v) is 8.55. The van der Waals surface area contributed by atoms with Gasteiger partial charge in [-0.15, -0.1) is 0 Å². The molecular weight excluding hydrogens is 701 g/mol. The maximum Gasteiger partial charge on any atom is 0.131 e. The molecule has 0 aliphatic carbocycles. The quantitative estimate of drug-likeness (QED) is 0.0716. The van der Waals surface area contributed by atoms with Crippen molar-refractivity contribution in [2.24, 2.45) is 10.7 Å². The number of aliphatic imine (C=N–C) groups is 1. The van der Waals surface area contributed by atoms with E-state index in [0.717, 1.165) is 22.4 Å². The second-order valence-corrected chi connectivity index (χ2v) is 14.8. The summed E-state index contributed by atoms with van der Waals surface area (Å²) in [7, 11) is 0. The molecule has 0 amide bonds. The molecule has 0 radical (unpaired) electrons. The highest BCUT2D eigenvalue weighted by Gasteiger charge is 2.19. The van der Waals surface area contributed by atoms with Crippen LogP contribution in [0.15, 0.2) is 223 Å². The lowest BCUT2D eigenvalue weighted by molar-refractivity contribution is 1.26. The largest absolute Gasteiger partial charge is 0.383 e. The van der Waals surface area contributed by atoms with Gasteiger partial charge < -0.3 is 5.73 Å². The van der Waals surface area contributed by atoms with E-state index < -0.39 is 0 Å². The Morgan fingerprint density at radius 3 is 1.76 bits per heavy atom. The van der Waals surface area contributed by atoms with Crippen LogP contribution in [-0.2, 0) is 6.42 Å². The van der Waals surface area contributed by atoms with E-state index in [-0.39, 0.29) is 0 Å². The number of hydrogen-bond donors (Lipinski definition) is 1. The van der Waals surface area contributed by atoms with Crippen molar-refractivity contribution in [3.63, 3.8) is 0 Å². The highest BCUT2D eigenvalue weighted by molar-refractivity contribution is 6.27. The van der Waals surface area contributed by atoms with E-state index in [9.17, 15) is 0 Å². The van der Waals surface area contributed by atoms with Gasteiger partial charge in [-0.25, -0.2) is 4.99 Å². The summed E-state index contributed by atoms with van der Waals surface area (Å²) >= 11 is 0. The van der Waals surface area contributed by atoms with Gasteiger partial charge in [-0.2, -0.15) is 0 Å². The Bertz CT molecular complexity index is 3180. The van der Waals surface area contributed by atoms with Crippen LogP contribution in [0.5, 0.6) is 0 Å². The lowest BCUT2D eigenvalue weighted by Gasteiger charge is -2.19. The highest BCUT2D eigenvalue weighted by atomic mass is 14.9. The van der Waals surface area contributed by atoms with Crippen molar-refractivity contribution in [2.75, 3.05) is 0 Å². The first-order chi connectivity index (χ1) is 28.7. The van der Waals surface area contributed by atoms with Gasteiger partial charge in [0.25, 0.3) is 0 Å². The molecule has 0 heterocycles. The molecule has 2 N–H and O–H groups in total. The fraction of sp³-hybridized carbons (Fsp3) is 0.0179. The average Bonchev–Trinajstić information content (AvgIpc) is 3.30. The number of rotatable bonds is 8. The predicted molar refractivity (Wildman–Crippen MR) is 248 cm³/mol. The van der Waals surface area contributed by atoms with Gasteiger partial charge in [0.2, 0.25) is 0 Å². The zero-order valence-corrected chi connectivity index (χ0v) is 32.0. The van der Waals surface area contributed by atoms with Crippen LogP contribution < -0.4 is 5.73 Å². The van der Waals surface area contributed by atoms with Crippen LogP contribution in [0.2, 0.25) is 0 Å². The van der Waals surface area contributed by atoms with E-state index in [2.05, 4.69) is 188 Å². The lowest BCUT2D eigenvalue weighted by atomic mass is 9.84. The summed E-state index contributed by atoms with van der Waals surface area (Å²) in [5.74, 6) is 0.485. The molecule has 274 valence electrons. The Labute approximate surface area is 338 Å². The normalized spacial score (nSPS) is 12.1. The Kier molecular flexibility index (Phi) is 9.13. The molecule has 0 spiro atoms. The Hall–Kier alpha value is -7.55. The molecule has 2 heteroatoms. The zero-order valence-electron chi connectivity index (χ0n) is 32.0. The molecule has 0 unspecified atom stereocenters. The molecular formula is C56H40N2. The van der Waals surface area contributed by atoms with Crippen molar-refractivity contribution in [1.82, 2.24) is 0 Å². The number of amidine groups is 1. The third-order valence-corrected chi connectivity index (χ3v) is 11.3. The highest BCUT2D eigenvalue weighted by Crippen LogP contribution is 2.46. The minimum atomic E-state index is 0.485. The van der Waals surface area contributed by atoms with Gasteiger partial charge in [0.1, 0.15) is 5.84 Å². The van der Waals surface area contributed by atoms with Gasteiger partial charge in [0, 0.05) is 5.56 Å². The van der Waals surface area contributed by atoms with Crippen molar-refractivity contribution >= 4 is 54.6 Å². The van der Waals surface area contributed by atoms with Crippen LogP contribution in [-0.4, -0.2) is 5.84 Å². The van der Waals surface area contributed by atoms with Crippen molar-refractivity contribution < 1.29 is 0 Å². The number of hydrogen-bond acceptors (Lipinski definition) is 1. The van der Waals surface area contributed by atoms with E-state index in [0.29, 0.717) is 12.3 Å². The summed E-state index contributed by atoms with van der Waals surface area (Å²) in [4.78, 5) is 5.12. The summed E-state index contributed by atoms with van der Waals surface area (Å²) < 4.78 is 0. The van der Waals surface area contributed by atoms with E-state index in [1.807, 2.05) is 30.3 Å². The summed E-state index contributed by atoms with van der Waals surface area (Å²) in [5.41, 5.74) is 18.0. The van der Waals surface area contributed by atoms with Crippen LogP contribution in [0, 0.1) is 0 Å². The molecule has 0 bridgehead atoms. The minimum absolute atomic E-state index is 0.485. The second-order valence-electron chi connectivity index (χ2n) is 14.8. The first-order valence-electron chi connectivity index (χ1n) is 19.9. The van der Waals surface area contributed by atoms with Crippen LogP contribution >= 0.6 is 0 Å². The van der Waals surface area contributed by atoms with Gasteiger partial charge in [-0.1, -0.05) is 212 Å². The van der Waals surface area contributed by atoms with Crippen LogP contribution in [0.1, 0.15) is 16.7 Å². The molecule has 10 aromatic carbocycles. The van der Waals surface area contributed by atoms with Crippen LogP contribution in [0.25, 0.3) is 82.2 Å². The Morgan fingerprint density at radius 1 is 0.414 bits per heavy atom. The fourth-order valence-electron chi connectivity index (χ4n) is 8.55. The number of nitrogens with two attached hydrogens (primary N) is 1. The van der Waals surface area contributed by atoms with Crippen LogP contribution in [0.4, 0.5) is 0 Å². The molecule has 0 aliphatic rings. The zero-order chi connectivity index (χ0) is 38.8. The van der Waals surface area contributed by atoms with Crippen molar-refractivity contribution in [1.29, 1.82) is 0 Å². The summed E-state index contributed by atoms with van der Waals surface area (Å²) in [6, 6.07) is 75.8. The van der Waals surface area contributed by atoms with E-state index in [4.69, 9.17) is 10.7 Å². The molecule has 0 atom stereocenters. The summed E-state index contributed by atoms with van der Waals surface area (Å²) in [6.07, 6.45) is 2.91. The third kappa shape index (κ3) is 6.51. The number of fused-ring (bicyclic) bond motifs is 5. The molecule has 0 aromatic heterocycles. The van der Waals surface area contributed by atoms with E-state index in [1.165, 1.54) is 76.5 Å². The molecule has 2 nitrogen and oxygen atoms in total. The van der Waals surface area contributed by atoms with E-state index >= 15 is 0 Å². The van der Waals surface area contributed by atoms with E-state index in [1.54, 1.807) is 0 Å². The summed E-state index contributed by atoms with van der Waals surface area (Å²) in [5, 5.41) is 9.90. The maximum absolute atomic E-state index is 6.75. The molecule has 10 aromatic rings. The molecule has 58 heavy (non-hydrogen) atoms. The molecule has 0 fully saturated rings. The minimum Gasteiger partial charge on any atom is -0.383 e. The SMILES string of the molecule is NC(=N/C(=C\Cc1ccccc1-c1ccc2ccccc2c1)c1ccc(-c2c3ccccc3c(-c3ccccc3)c3ccc4ccccc4c23)cc1)c1ccccc1. The first kappa shape index (κ1) is 34.9. The topological polar surface area (TPSA) is 38.4 Å². The Morgan fingerprint density at radius 2 is 0.983 bits per heavy atom. The number of nitrogens with zero attached hydrogens (tertiary/aromatic N) is 1. The monoisotopic (exact) mass is 740 g/mol. The summed E-state index contributed by atoms with van der Waals surface area (Å²) in [6.45, 7) is 0. The predicted octanol–water partition coefficient (Wildman–Crippen LogP) is 14.3. The Balaban J connectivity index is 1.12. The molecule has 10 rings (SSSR count). The van der Waals surface area contributed by atoms with Crippen molar-refractivity contribution in [3.8, 4) is 33.4 Å². The van der Waals surface area contributed by atoms with Gasteiger partial charge in [0.05, 0.1) is 5.70 Å². The third-order valence-electron chi connectivity index (χ3n) is 11.3. The van der Waals surface area contributed by atoms with Crippen molar-refractivity contribution in [2.45, 2.75) is 6.42 Å².